The first-order chi connectivity index (χ1) is 13.6. The van der Waals surface area contributed by atoms with Gasteiger partial charge in [0.1, 0.15) is 6.10 Å². The van der Waals surface area contributed by atoms with Crippen LogP contribution in [0.4, 0.5) is 0 Å². The second-order valence-corrected chi connectivity index (χ2v) is 8.18. The van der Waals surface area contributed by atoms with Gasteiger partial charge < -0.3 is 9.84 Å². The van der Waals surface area contributed by atoms with E-state index in [1.54, 1.807) is 0 Å². The first-order valence-corrected chi connectivity index (χ1v) is 12.0. The Kier molecular flexibility index (Phi) is 19.9. The van der Waals surface area contributed by atoms with E-state index in [1.807, 2.05) is 0 Å². The van der Waals surface area contributed by atoms with Crippen LogP contribution in [0.25, 0.3) is 0 Å². The molecule has 0 aromatic carbocycles. The zero-order valence-corrected chi connectivity index (χ0v) is 18.7. The van der Waals surface area contributed by atoms with Gasteiger partial charge >= 0.3 is 11.9 Å². The molecule has 1 atom stereocenters. The molecular formula is C24H46O4. The molecule has 0 radical (unpaired) electrons. The van der Waals surface area contributed by atoms with E-state index in [1.165, 1.54) is 70.6 Å². The molecule has 0 saturated heterocycles. The quantitative estimate of drug-likeness (QED) is 0.161. The molecule has 1 unspecified atom stereocenters. The maximum absolute atomic E-state index is 12.1. The van der Waals surface area contributed by atoms with E-state index in [0.717, 1.165) is 25.7 Å². The Morgan fingerprint density at radius 1 is 0.643 bits per heavy atom. The smallest absolute Gasteiger partial charge is 0.306 e. The second kappa shape index (κ2) is 20.7. The van der Waals surface area contributed by atoms with Crippen molar-refractivity contribution in [2.45, 2.75) is 142 Å². The summed E-state index contributed by atoms with van der Waals surface area (Å²) < 4.78 is 5.74. The third-order valence-electron chi connectivity index (χ3n) is 5.33. The summed E-state index contributed by atoms with van der Waals surface area (Å²) in [4.78, 5) is 22.6. The Hall–Kier alpha value is -1.06. The highest BCUT2D eigenvalue weighted by atomic mass is 16.5. The van der Waals surface area contributed by atoms with Gasteiger partial charge in [0.15, 0.2) is 0 Å². The predicted octanol–water partition coefficient (Wildman–Crippen LogP) is 7.43. The van der Waals surface area contributed by atoms with Crippen molar-refractivity contribution in [1.29, 1.82) is 0 Å². The monoisotopic (exact) mass is 398 g/mol. The Morgan fingerprint density at radius 3 is 1.54 bits per heavy atom. The average molecular weight is 399 g/mol. The van der Waals surface area contributed by atoms with Gasteiger partial charge in [-0.2, -0.15) is 0 Å². The topological polar surface area (TPSA) is 63.6 Å². The maximum atomic E-state index is 12.1. The molecule has 0 spiro atoms. The van der Waals surface area contributed by atoms with Crippen molar-refractivity contribution in [1.82, 2.24) is 0 Å². The van der Waals surface area contributed by atoms with Crippen LogP contribution >= 0.6 is 0 Å². The first-order valence-electron chi connectivity index (χ1n) is 12.0. The molecule has 1 N–H and O–H groups in total. The summed E-state index contributed by atoms with van der Waals surface area (Å²) in [5, 5.41) is 8.67. The Balaban J connectivity index is 4.01. The fraction of sp³-hybridized carbons (Fsp3) is 0.917. The fourth-order valence-electron chi connectivity index (χ4n) is 3.53. The number of carbonyl (C=O) groups is 2. The lowest BCUT2D eigenvalue weighted by Crippen LogP contribution is -2.18. The number of aliphatic carboxylic acids is 1. The summed E-state index contributed by atoms with van der Waals surface area (Å²) in [6.07, 6.45) is 20.1. The molecule has 0 aromatic rings. The number of carboxylic acids is 1. The molecule has 0 aromatic heterocycles. The number of unbranched alkanes of at least 4 members (excludes halogenated alkanes) is 12. The number of ether oxygens (including phenoxy) is 1. The zero-order chi connectivity index (χ0) is 20.9. The fourth-order valence-corrected chi connectivity index (χ4v) is 3.53. The third-order valence-corrected chi connectivity index (χ3v) is 5.33. The molecule has 4 heteroatoms. The van der Waals surface area contributed by atoms with Crippen molar-refractivity contribution < 1.29 is 19.4 Å². The molecule has 0 aliphatic heterocycles. The summed E-state index contributed by atoms with van der Waals surface area (Å²) >= 11 is 0. The predicted molar refractivity (Wildman–Crippen MR) is 117 cm³/mol. The highest BCUT2D eigenvalue weighted by Gasteiger charge is 2.14. The molecule has 4 nitrogen and oxygen atoms in total. The van der Waals surface area contributed by atoms with Crippen molar-refractivity contribution >= 4 is 11.9 Å². The van der Waals surface area contributed by atoms with Crippen LogP contribution in [-0.4, -0.2) is 23.1 Å². The Morgan fingerprint density at radius 2 is 1.07 bits per heavy atom. The van der Waals surface area contributed by atoms with Gasteiger partial charge in [-0.15, -0.1) is 0 Å². The molecule has 0 bridgehead atoms. The molecule has 0 fully saturated rings. The average Bonchev–Trinajstić information content (AvgIpc) is 2.66. The van der Waals surface area contributed by atoms with E-state index in [2.05, 4.69) is 13.8 Å². The van der Waals surface area contributed by atoms with Crippen LogP contribution in [0.1, 0.15) is 136 Å². The molecular weight excluding hydrogens is 352 g/mol. The van der Waals surface area contributed by atoms with Gasteiger partial charge in [-0.25, -0.2) is 0 Å². The summed E-state index contributed by atoms with van der Waals surface area (Å²) in [6, 6.07) is 0. The normalized spacial score (nSPS) is 12.1. The Labute approximate surface area is 173 Å². The Bertz CT molecular complexity index is 368. The van der Waals surface area contributed by atoms with Gasteiger partial charge in [0.25, 0.3) is 0 Å². The minimum Gasteiger partial charge on any atom is -0.481 e. The third kappa shape index (κ3) is 19.7. The van der Waals surface area contributed by atoms with Crippen LogP contribution < -0.4 is 0 Å². The lowest BCUT2D eigenvalue weighted by molar-refractivity contribution is -0.150. The van der Waals surface area contributed by atoms with Crippen LogP contribution in [0.3, 0.4) is 0 Å². The maximum Gasteiger partial charge on any atom is 0.306 e. The van der Waals surface area contributed by atoms with E-state index in [9.17, 15) is 9.59 Å². The molecule has 0 heterocycles. The summed E-state index contributed by atoms with van der Waals surface area (Å²) in [6.45, 7) is 4.47. The largest absolute Gasteiger partial charge is 0.481 e. The van der Waals surface area contributed by atoms with Crippen molar-refractivity contribution in [3.8, 4) is 0 Å². The molecule has 0 amide bonds. The summed E-state index contributed by atoms with van der Waals surface area (Å²) in [7, 11) is 0. The number of hydrogen-bond acceptors (Lipinski definition) is 3. The minimum atomic E-state index is -0.798. The van der Waals surface area contributed by atoms with Crippen LogP contribution in [-0.2, 0) is 14.3 Å². The van der Waals surface area contributed by atoms with Crippen molar-refractivity contribution in [3.63, 3.8) is 0 Å². The number of rotatable bonds is 21. The van der Waals surface area contributed by atoms with Gasteiger partial charge in [0.2, 0.25) is 0 Å². The molecule has 0 aliphatic rings. The zero-order valence-electron chi connectivity index (χ0n) is 18.7. The van der Waals surface area contributed by atoms with Crippen LogP contribution in [0.5, 0.6) is 0 Å². The number of carbonyl (C=O) groups excluding carboxylic acids is 1. The molecule has 166 valence electrons. The first kappa shape index (κ1) is 26.9. The van der Waals surface area contributed by atoms with Gasteiger partial charge in [0.05, 0.1) is 0 Å². The van der Waals surface area contributed by atoms with E-state index >= 15 is 0 Å². The van der Waals surface area contributed by atoms with E-state index < -0.39 is 5.97 Å². The molecule has 0 rings (SSSR count). The summed E-state index contributed by atoms with van der Waals surface area (Å²) in [5.41, 5.74) is 0. The van der Waals surface area contributed by atoms with Crippen molar-refractivity contribution in [2.75, 3.05) is 0 Å². The lowest BCUT2D eigenvalue weighted by Gasteiger charge is -2.18. The van der Waals surface area contributed by atoms with Gasteiger partial charge in [0, 0.05) is 12.8 Å². The minimum absolute atomic E-state index is 0.0497. The van der Waals surface area contributed by atoms with Crippen molar-refractivity contribution in [2.24, 2.45) is 0 Å². The number of carboxylic acid groups (broad SMARTS) is 1. The standard InChI is InChI=1S/C24H46O4/c1-3-5-7-9-10-11-13-15-19-22(18-14-12-8-6-4-2)28-24(27)21-17-16-20-23(25)26/h22H,3-21H2,1-2H3,(H,25,26). The van der Waals surface area contributed by atoms with E-state index in [0.29, 0.717) is 19.3 Å². The van der Waals surface area contributed by atoms with Crippen LogP contribution in [0.2, 0.25) is 0 Å². The van der Waals surface area contributed by atoms with Gasteiger partial charge in [-0.1, -0.05) is 84.5 Å². The second-order valence-electron chi connectivity index (χ2n) is 8.18. The van der Waals surface area contributed by atoms with E-state index in [4.69, 9.17) is 9.84 Å². The van der Waals surface area contributed by atoms with Crippen molar-refractivity contribution in [3.05, 3.63) is 0 Å². The SMILES string of the molecule is CCCCCCCCCCC(CCCCCCC)OC(=O)CCCCC(=O)O. The molecule has 0 aliphatic carbocycles. The summed E-state index contributed by atoms with van der Waals surface area (Å²) in [5.74, 6) is -0.948. The lowest BCUT2D eigenvalue weighted by atomic mass is 10.0. The number of hydrogen-bond donors (Lipinski definition) is 1. The van der Waals surface area contributed by atoms with Gasteiger partial charge in [-0.05, 0) is 38.5 Å². The van der Waals surface area contributed by atoms with Gasteiger partial charge in [-0.3, -0.25) is 9.59 Å². The molecule has 0 saturated carbocycles. The highest BCUT2D eigenvalue weighted by molar-refractivity contribution is 5.70. The van der Waals surface area contributed by atoms with Crippen LogP contribution in [0, 0.1) is 0 Å². The van der Waals surface area contributed by atoms with E-state index in [-0.39, 0.29) is 18.5 Å². The number of esters is 1. The molecule has 28 heavy (non-hydrogen) atoms. The highest BCUT2D eigenvalue weighted by Crippen LogP contribution is 2.18. The van der Waals surface area contributed by atoms with Crippen LogP contribution in [0.15, 0.2) is 0 Å².